The first-order valence-corrected chi connectivity index (χ1v) is 9.53. The molecule has 0 saturated carbocycles. The lowest BCUT2D eigenvalue weighted by atomic mass is 10.1. The van der Waals surface area contributed by atoms with Crippen LogP contribution in [0.2, 0.25) is 0 Å². The smallest absolute Gasteiger partial charge is 0.248 e. The number of aryl methyl sites for hydroxylation is 3. The number of nitrogens with zero attached hydrogens (tertiary/aromatic N) is 4. The molecule has 1 fully saturated rings. The summed E-state index contributed by atoms with van der Waals surface area (Å²) in [7, 11) is 0. The van der Waals surface area contributed by atoms with Crippen molar-refractivity contribution in [1.29, 1.82) is 0 Å². The molecule has 5 heteroatoms. The van der Waals surface area contributed by atoms with Crippen LogP contribution >= 0.6 is 0 Å². The highest BCUT2D eigenvalue weighted by molar-refractivity contribution is 5.57. The van der Waals surface area contributed by atoms with Crippen LogP contribution in [0.25, 0.3) is 11.5 Å². The van der Waals surface area contributed by atoms with Gasteiger partial charge in [0.05, 0.1) is 6.54 Å². The lowest BCUT2D eigenvalue weighted by molar-refractivity contribution is 0.227. The molecule has 0 atom stereocenters. The van der Waals surface area contributed by atoms with Gasteiger partial charge in [-0.3, -0.25) is 4.90 Å². The van der Waals surface area contributed by atoms with Crippen molar-refractivity contribution in [2.24, 2.45) is 0 Å². The van der Waals surface area contributed by atoms with Crippen LogP contribution in [0.15, 0.2) is 46.9 Å². The van der Waals surface area contributed by atoms with Gasteiger partial charge in [-0.2, -0.15) is 0 Å². The van der Waals surface area contributed by atoms with Crippen molar-refractivity contribution in [2.45, 2.75) is 27.3 Å². The number of benzene rings is 2. The summed E-state index contributed by atoms with van der Waals surface area (Å²) in [5.74, 6) is 1.30. The average molecular weight is 362 g/mol. The molecule has 140 valence electrons. The molecular formula is C22H26N4O. The van der Waals surface area contributed by atoms with E-state index >= 15 is 0 Å². The summed E-state index contributed by atoms with van der Waals surface area (Å²) < 4.78 is 5.92. The number of anilines is 1. The number of piperazine rings is 1. The molecule has 3 aromatic rings. The number of hydrogen-bond acceptors (Lipinski definition) is 5. The summed E-state index contributed by atoms with van der Waals surface area (Å²) in [5.41, 5.74) is 6.17. The maximum Gasteiger partial charge on any atom is 0.248 e. The Hall–Kier alpha value is -2.66. The molecule has 0 amide bonds. The summed E-state index contributed by atoms with van der Waals surface area (Å²) >= 11 is 0. The summed E-state index contributed by atoms with van der Waals surface area (Å²) in [6.07, 6.45) is 0. The highest BCUT2D eigenvalue weighted by Gasteiger charge is 2.20. The molecule has 2 heterocycles. The molecule has 1 saturated heterocycles. The number of hydrogen-bond donors (Lipinski definition) is 0. The summed E-state index contributed by atoms with van der Waals surface area (Å²) in [4.78, 5) is 4.86. The van der Waals surface area contributed by atoms with Gasteiger partial charge in [0.1, 0.15) is 0 Å². The minimum Gasteiger partial charge on any atom is -0.419 e. The molecule has 2 aromatic carbocycles. The van der Waals surface area contributed by atoms with Crippen LogP contribution in [0.3, 0.4) is 0 Å². The Morgan fingerprint density at radius 2 is 1.67 bits per heavy atom. The van der Waals surface area contributed by atoms with Crippen LogP contribution < -0.4 is 4.90 Å². The van der Waals surface area contributed by atoms with E-state index < -0.39 is 0 Å². The van der Waals surface area contributed by atoms with Gasteiger partial charge >= 0.3 is 0 Å². The molecular weight excluding hydrogens is 336 g/mol. The monoisotopic (exact) mass is 362 g/mol. The van der Waals surface area contributed by atoms with Gasteiger partial charge in [0.25, 0.3) is 0 Å². The third kappa shape index (κ3) is 3.88. The van der Waals surface area contributed by atoms with Gasteiger partial charge in [-0.25, -0.2) is 0 Å². The maximum atomic E-state index is 5.92. The van der Waals surface area contributed by atoms with Gasteiger partial charge in [-0.1, -0.05) is 30.3 Å². The van der Waals surface area contributed by atoms with Crippen molar-refractivity contribution in [3.8, 4) is 11.5 Å². The molecule has 27 heavy (non-hydrogen) atoms. The highest BCUT2D eigenvalue weighted by Crippen LogP contribution is 2.24. The Kier molecular flexibility index (Phi) is 4.94. The quantitative estimate of drug-likeness (QED) is 0.702. The normalized spacial score (nSPS) is 15.3. The van der Waals surface area contributed by atoms with E-state index in [1.807, 2.05) is 18.2 Å². The van der Waals surface area contributed by atoms with Gasteiger partial charge < -0.3 is 9.32 Å². The van der Waals surface area contributed by atoms with E-state index in [0.29, 0.717) is 18.3 Å². The molecule has 0 bridgehead atoms. The van der Waals surface area contributed by atoms with Crippen LogP contribution in [0.1, 0.15) is 22.6 Å². The zero-order valence-corrected chi connectivity index (χ0v) is 16.3. The Labute approximate surface area is 160 Å². The first-order chi connectivity index (χ1) is 13.1. The lowest BCUT2D eigenvalue weighted by Gasteiger charge is -2.36. The minimum absolute atomic E-state index is 0.608. The Bertz CT molecular complexity index is 926. The van der Waals surface area contributed by atoms with Gasteiger partial charge in [0, 0.05) is 37.4 Å². The third-order valence-electron chi connectivity index (χ3n) is 5.28. The standard InChI is InChI=1S/C22H26N4O/c1-16-8-9-18(3)20(14-16)26-12-10-25(11-13-26)15-21-23-24-22(27-21)19-7-5-4-6-17(19)2/h4-9,14H,10-13,15H2,1-3H3. The summed E-state index contributed by atoms with van der Waals surface area (Å²) in [5, 5.41) is 8.50. The molecule has 0 spiro atoms. The van der Waals surface area contributed by atoms with Crippen LogP contribution in [-0.4, -0.2) is 41.3 Å². The van der Waals surface area contributed by atoms with E-state index in [2.05, 4.69) is 65.0 Å². The van der Waals surface area contributed by atoms with E-state index in [0.717, 1.165) is 37.3 Å². The van der Waals surface area contributed by atoms with Crippen LogP contribution in [0, 0.1) is 20.8 Å². The molecule has 1 aromatic heterocycles. The van der Waals surface area contributed by atoms with Crippen molar-refractivity contribution in [1.82, 2.24) is 15.1 Å². The zero-order chi connectivity index (χ0) is 18.8. The molecule has 0 N–H and O–H groups in total. The van der Waals surface area contributed by atoms with Gasteiger partial charge in [-0.15, -0.1) is 10.2 Å². The Balaban J connectivity index is 1.39. The number of aromatic nitrogens is 2. The van der Waals surface area contributed by atoms with Crippen LogP contribution in [0.4, 0.5) is 5.69 Å². The largest absolute Gasteiger partial charge is 0.419 e. The zero-order valence-electron chi connectivity index (χ0n) is 16.3. The predicted molar refractivity (Wildman–Crippen MR) is 108 cm³/mol. The van der Waals surface area contributed by atoms with Crippen molar-refractivity contribution >= 4 is 5.69 Å². The second-order valence-corrected chi connectivity index (χ2v) is 7.37. The van der Waals surface area contributed by atoms with Crippen molar-refractivity contribution in [2.75, 3.05) is 31.1 Å². The fraction of sp³-hybridized carbons (Fsp3) is 0.364. The van der Waals surface area contributed by atoms with Gasteiger partial charge in [0.2, 0.25) is 11.8 Å². The lowest BCUT2D eigenvalue weighted by Crippen LogP contribution is -2.46. The maximum absolute atomic E-state index is 5.92. The van der Waals surface area contributed by atoms with E-state index in [1.54, 1.807) is 0 Å². The third-order valence-corrected chi connectivity index (χ3v) is 5.28. The molecule has 0 aliphatic carbocycles. The SMILES string of the molecule is Cc1ccc(C)c(N2CCN(Cc3nnc(-c4ccccc4C)o3)CC2)c1. The second kappa shape index (κ2) is 7.53. The molecule has 1 aliphatic heterocycles. The molecule has 4 rings (SSSR count). The topological polar surface area (TPSA) is 45.4 Å². The highest BCUT2D eigenvalue weighted by atomic mass is 16.4. The average Bonchev–Trinajstić information content (AvgIpc) is 3.13. The molecule has 0 radical (unpaired) electrons. The van der Waals surface area contributed by atoms with Crippen molar-refractivity contribution in [3.63, 3.8) is 0 Å². The second-order valence-electron chi connectivity index (χ2n) is 7.37. The van der Waals surface area contributed by atoms with Gasteiger partial charge in [-0.05, 0) is 49.6 Å². The van der Waals surface area contributed by atoms with E-state index in [4.69, 9.17) is 4.42 Å². The van der Waals surface area contributed by atoms with E-state index in [-0.39, 0.29) is 0 Å². The van der Waals surface area contributed by atoms with Crippen LogP contribution in [-0.2, 0) is 6.54 Å². The van der Waals surface area contributed by atoms with Crippen LogP contribution in [0.5, 0.6) is 0 Å². The molecule has 0 unspecified atom stereocenters. The fourth-order valence-electron chi connectivity index (χ4n) is 3.64. The number of rotatable bonds is 4. The van der Waals surface area contributed by atoms with Crippen molar-refractivity contribution < 1.29 is 4.42 Å². The predicted octanol–water partition coefficient (Wildman–Crippen LogP) is 3.98. The van der Waals surface area contributed by atoms with Crippen molar-refractivity contribution in [3.05, 3.63) is 65.0 Å². The molecule has 5 nitrogen and oxygen atoms in total. The minimum atomic E-state index is 0.608. The summed E-state index contributed by atoms with van der Waals surface area (Å²) in [6.45, 7) is 11.1. The Morgan fingerprint density at radius 1 is 0.889 bits per heavy atom. The fourth-order valence-corrected chi connectivity index (χ4v) is 3.64. The summed E-state index contributed by atoms with van der Waals surface area (Å²) in [6, 6.07) is 14.8. The van der Waals surface area contributed by atoms with E-state index in [1.165, 1.54) is 16.8 Å². The first kappa shape index (κ1) is 17.7. The Morgan fingerprint density at radius 3 is 2.44 bits per heavy atom. The first-order valence-electron chi connectivity index (χ1n) is 9.53. The van der Waals surface area contributed by atoms with Gasteiger partial charge in [0.15, 0.2) is 0 Å². The van der Waals surface area contributed by atoms with E-state index in [9.17, 15) is 0 Å². The molecule has 1 aliphatic rings.